The molecule has 0 spiro atoms. The van der Waals surface area contributed by atoms with E-state index in [4.69, 9.17) is 16.3 Å². The number of hydrogen-bond acceptors (Lipinski definition) is 4. The van der Waals surface area contributed by atoms with Crippen molar-refractivity contribution < 1.29 is 31.1 Å². The lowest BCUT2D eigenvalue weighted by Gasteiger charge is -2.31. The minimum absolute atomic E-state index is 0.0108. The number of nitrogens with zero attached hydrogens (tertiary/aromatic N) is 1. The van der Waals surface area contributed by atoms with Crippen molar-refractivity contribution in [3.8, 4) is 22.6 Å². The van der Waals surface area contributed by atoms with Crippen molar-refractivity contribution in [3.05, 3.63) is 71.5 Å². The fourth-order valence-corrected chi connectivity index (χ4v) is 5.03. The summed E-state index contributed by atoms with van der Waals surface area (Å²) < 4.78 is 76.5. The maximum Gasteiger partial charge on any atom is 0.387 e. The van der Waals surface area contributed by atoms with Gasteiger partial charge in [0.15, 0.2) is 0 Å². The van der Waals surface area contributed by atoms with Gasteiger partial charge in [0.05, 0.1) is 17.1 Å². The van der Waals surface area contributed by atoms with E-state index in [1.807, 2.05) is 0 Å². The van der Waals surface area contributed by atoms with Crippen molar-refractivity contribution >= 4 is 27.3 Å². The number of hydrogen-bond donors (Lipinski definition) is 0. The van der Waals surface area contributed by atoms with Gasteiger partial charge in [0.1, 0.15) is 23.9 Å². The van der Waals surface area contributed by atoms with Gasteiger partial charge < -0.3 is 9.47 Å². The molecule has 0 aliphatic carbocycles. The molecule has 0 amide bonds. The van der Waals surface area contributed by atoms with Crippen LogP contribution in [-0.2, 0) is 10.0 Å². The second kappa shape index (κ2) is 8.32. The summed E-state index contributed by atoms with van der Waals surface area (Å²) in [6, 6.07) is 13.7. The molecule has 0 atom stereocenters. The van der Waals surface area contributed by atoms with Crippen LogP contribution in [-0.4, -0.2) is 28.2 Å². The number of halogens is 4. The summed E-state index contributed by atoms with van der Waals surface area (Å²) >= 11 is 5.95. The van der Waals surface area contributed by atoms with Crippen molar-refractivity contribution in [2.75, 3.05) is 17.5 Å². The fraction of sp³-hybridized carbons (Fsp3) is 0.143. The maximum atomic E-state index is 14.0. The maximum absolute atomic E-state index is 14.0. The van der Waals surface area contributed by atoms with Gasteiger partial charge in [-0.25, -0.2) is 12.8 Å². The summed E-state index contributed by atoms with van der Waals surface area (Å²) in [7, 11) is -3.96. The third kappa shape index (κ3) is 4.42. The van der Waals surface area contributed by atoms with Gasteiger partial charge in [0.2, 0.25) is 0 Å². The van der Waals surface area contributed by atoms with Gasteiger partial charge in [0.25, 0.3) is 10.0 Å². The third-order valence-electron chi connectivity index (χ3n) is 4.59. The van der Waals surface area contributed by atoms with Gasteiger partial charge >= 0.3 is 6.61 Å². The zero-order chi connectivity index (χ0) is 22.2. The second-order valence-electron chi connectivity index (χ2n) is 6.62. The van der Waals surface area contributed by atoms with E-state index in [-0.39, 0.29) is 40.1 Å². The first kappa shape index (κ1) is 21.3. The van der Waals surface area contributed by atoms with Crippen LogP contribution in [0, 0.1) is 5.82 Å². The van der Waals surface area contributed by atoms with Gasteiger partial charge in [-0.1, -0.05) is 23.7 Å². The molecule has 162 valence electrons. The van der Waals surface area contributed by atoms with Gasteiger partial charge in [-0.2, -0.15) is 8.78 Å². The molecule has 5 nitrogen and oxygen atoms in total. The van der Waals surface area contributed by atoms with Crippen molar-refractivity contribution in [2.45, 2.75) is 11.5 Å². The predicted molar refractivity (Wildman–Crippen MR) is 110 cm³/mol. The molecule has 3 aromatic carbocycles. The van der Waals surface area contributed by atoms with E-state index in [2.05, 4.69) is 4.74 Å². The van der Waals surface area contributed by atoms with Crippen LogP contribution >= 0.6 is 11.6 Å². The van der Waals surface area contributed by atoms with Crippen LogP contribution in [0.15, 0.2) is 65.6 Å². The molecular formula is C21H15ClF3NO4S. The number of anilines is 1. The SMILES string of the molecule is O=S(=O)(c1cccc(Cl)c1)N1CCOc2ccc(-c3cc(F)cc(OC(F)F)c3)cc21. The molecule has 0 saturated carbocycles. The smallest absolute Gasteiger partial charge is 0.387 e. The zero-order valence-corrected chi connectivity index (χ0v) is 17.3. The standard InChI is InChI=1S/C21H15ClF3NO4S/c22-15-2-1-3-18(11-15)31(27,28)26-6-7-29-20-5-4-13(10-19(20)26)14-8-16(23)12-17(9-14)30-21(24)25/h1-5,8-12,21H,6-7H2. The number of sulfonamides is 1. The summed E-state index contributed by atoms with van der Waals surface area (Å²) in [6.07, 6.45) is 0. The normalized spacial score (nSPS) is 13.6. The first-order valence-corrected chi connectivity index (χ1v) is 10.9. The number of benzene rings is 3. The van der Waals surface area contributed by atoms with Crippen LogP contribution in [0.3, 0.4) is 0 Å². The van der Waals surface area contributed by atoms with Gasteiger partial charge in [0, 0.05) is 11.1 Å². The predicted octanol–water partition coefficient (Wildman–Crippen LogP) is 5.34. The van der Waals surface area contributed by atoms with Crippen molar-refractivity contribution in [2.24, 2.45) is 0 Å². The lowest BCUT2D eigenvalue weighted by molar-refractivity contribution is -0.0499. The van der Waals surface area contributed by atoms with Crippen LogP contribution in [0.1, 0.15) is 0 Å². The van der Waals surface area contributed by atoms with Crippen molar-refractivity contribution in [1.82, 2.24) is 0 Å². The van der Waals surface area contributed by atoms with E-state index in [9.17, 15) is 21.6 Å². The molecule has 0 fully saturated rings. The zero-order valence-electron chi connectivity index (χ0n) is 15.8. The third-order valence-corrected chi connectivity index (χ3v) is 6.64. The van der Waals surface area contributed by atoms with Crippen LogP contribution in [0.4, 0.5) is 18.9 Å². The topological polar surface area (TPSA) is 55.8 Å². The van der Waals surface area contributed by atoms with Crippen LogP contribution in [0.25, 0.3) is 11.1 Å². The molecule has 31 heavy (non-hydrogen) atoms. The quantitative estimate of drug-likeness (QED) is 0.506. The Morgan fingerprint density at radius 2 is 1.84 bits per heavy atom. The lowest BCUT2D eigenvalue weighted by atomic mass is 10.0. The summed E-state index contributed by atoms with van der Waals surface area (Å²) in [6.45, 7) is -2.92. The molecule has 1 aliphatic rings. The molecule has 3 aromatic rings. The van der Waals surface area contributed by atoms with Crippen LogP contribution in [0.5, 0.6) is 11.5 Å². The Labute approximate surface area is 181 Å². The molecule has 0 saturated heterocycles. The summed E-state index contributed by atoms with van der Waals surface area (Å²) in [5.41, 5.74) is 0.877. The number of alkyl halides is 2. The molecule has 0 aromatic heterocycles. The van der Waals surface area contributed by atoms with E-state index >= 15 is 0 Å². The molecule has 10 heteroatoms. The van der Waals surface area contributed by atoms with E-state index < -0.39 is 22.5 Å². The Hall–Kier alpha value is -2.91. The molecule has 0 N–H and O–H groups in total. The molecular weight excluding hydrogens is 455 g/mol. The highest BCUT2D eigenvalue weighted by Gasteiger charge is 2.30. The summed E-state index contributed by atoms with van der Waals surface area (Å²) in [5, 5.41) is 0.273. The largest absolute Gasteiger partial charge is 0.489 e. The second-order valence-corrected chi connectivity index (χ2v) is 8.92. The van der Waals surface area contributed by atoms with Gasteiger partial charge in [-0.15, -0.1) is 0 Å². The van der Waals surface area contributed by atoms with E-state index in [0.29, 0.717) is 11.3 Å². The average Bonchev–Trinajstić information content (AvgIpc) is 2.72. The Kier molecular flexibility index (Phi) is 5.72. The van der Waals surface area contributed by atoms with Crippen LogP contribution in [0.2, 0.25) is 5.02 Å². The van der Waals surface area contributed by atoms with Gasteiger partial charge in [-0.05, 0) is 53.6 Å². The van der Waals surface area contributed by atoms with Gasteiger partial charge in [-0.3, -0.25) is 4.31 Å². The summed E-state index contributed by atoms with van der Waals surface area (Å²) in [5.74, 6) is -0.797. The Bertz CT molecular complexity index is 1240. The Morgan fingerprint density at radius 3 is 2.58 bits per heavy atom. The summed E-state index contributed by atoms with van der Waals surface area (Å²) in [4.78, 5) is 0.0108. The number of fused-ring (bicyclic) bond motifs is 1. The van der Waals surface area contributed by atoms with Crippen LogP contribution < -0.4 is 13.8 Å². The molecule has 4 rings (SSSR count). The van der Waals surface area contributed by atoms with E-state index in [1.165, 1.54) is 34.6 Å². The van der Waals surface area contributed by atoms with Crippen molar-refractivity contribution in [3.63, 3.8) is 0 Å². The minimum Gasteiger partial charge on any atom is -0.489 e. The first-order chi connectivity index (χ1) is 14.7. The highest BCUT2D eigenvalue weighted by atomic mass is 35.5. The fourth-order valence-electron chi connectivity index (χ4n) is 3.28. The minimum atomic E-state index is -3.96. The highest BCUT2D eigenvalue weighted by molar-refractivity contribution is 7.92. The Morgan fingerprint density at radius 1 is 1.03 bits per heavy atom. The lowest BCUT2D eigenvalue weighted by Crippen LogP contribution is -2.37. The molecule has 0 radical (unpaired) electrons. The molecule has 1 aliphatic heterocycles. The molecule has 1 heterocycles. The molecule has 0 bridgehead atoms. The molecule has 0 unspecified atom stereocenters. The highest BCUT2D eigenvalue weighted by Crippen LogP contribution is 2.39. The number of ether oxygens (including phenoxy) is 2. The van der Waals surface area contributed by atoms with E-state index in [0.717, 1.165) is 12.1 Å². The average molecular weight is 470 g/mol. The number of rotatable bonds is 5. The van der Waals surface area contributed by atoms with Crippen molar-refractivity contribution in [1.29, 1.82) is 0 Å². The van der Waals surface area contributed by atoms with E-state index in [1.54, 1.807) is 18.2 Å². The first-order valence-electron chi connectivity index (χ1n) is 9.05. The Balaban J connectivity index is 1.78. The monoisotopic (exact) mass is 469 g/mol.